The fourth-order valence-electron chi connectivity index (χ4n) is 2.21. The van der Waals surface area contributed by atoms with Crippen LogP contribution in [0.25, 0.3) is 0 Å². The minimum absolute atomic E-state index is 0.131. The van der Waals surface area contributed by atoms with Gasteiger partial charge in [0.2, 0.25) is 5.91 Å². The molecule has 0 aromatic carbocycles. The van der Waals surface area contributed by atoms with Crippen LogP contribution in [0, 0.1) is 0 Å². The minimum atomic E-state index is 0.131. The second-order valence-corrected chi connectivity index (χ2v) is 6.51. The maximum absolute atomic E-state index is 12.1. The summed E-state index contributed by atoms with van der Waals surface area (Å²) in [5, 5.41) is 0.641. The molecule has 0 aromatic rings. The van der Waals surface area contributed by atoms with Crippen molar-refractivity contribution < 1.29 is 4.79 Å². The Morgan fingerprint density at radius 3 is 2.94 bits per heavy atom. The minimum Gasteiger partial charge on any atom is -0.342 e. The molecule has 0 radical (unpaired) electrons. The monoisotopic (exact) mass is 258 g/mol. The molecule has 1 saturated heterocycles. The summed E-state index contributed by atoms with van der Waals surface area (Å²) in [6, 6.07) is 0.131. The van der Waals surface area contributed by atoms with Crippen molar-refractivity contribution in [2.75, 3.05) is 18.8 Å². The van der Waals surface area contributed by atoms with E-state index >= 15 is 0 Å². The third kappa shape index (κ3) is 5.77. The number of amides is 1. The van der Waals surface area contributed by atoms with Gasteiger partial charge in [0.25, 0.3) is 0 Å². The van der Waals surface area contributed by atoms with E-state index in [1.807, 2.05) is 18.7 Å². The van der Waals surface area contributed by atoms with Crippen molar-refractivity contribution >= 4 is 17.7 Å². The number of carbonyl (C=O) groups excluding carboxylic acids is 1. The van der Waals surface area contributed by atoms with Crippen LogP contribution in [0.15, 0.2) is 0 Å². The zero-order chi connectivity index (χ0) is 12.7. The third-order valence-electron chi connectivity index (χ3n) is 3.20. The molecule has 2 N–H and O–H groups in total. The maximum Gasteiger partial charge on any atom is 0.222 e. The Hall–Kier alpha value is -0.220. The first-order valence-electron chi connectivity index (χ1n) is 6.78. The molecule has 1 amide bonds. The van der Waals surface area contributed by atoms with Gasteiger partial charge in [-0.3, -0.25) is 4.79 Å². The second kappa shape index (κ2) is 7.98. The molecule has 1 heterocycles. The van der Waals surface area contributed by atoms with Crippen LogP contribution >= 0.6 is 11.8 Å². The van der Waals surface area contributed by atoms with Gasteiger partial charge in [-0.2, -0.15) is 11.8 Å². The molecule has 1 fully saturated rings. The van der Waals surface area contributed by atoms with E-state index in [0.717, 1.165) is 31.7 Å². The lowest BCUT2D eigenvalue weighted by atomic mass is 10.2. The van der Waals surface area contributed by atoms with Gasteiger partial charge in [-0.1, -0.05) is 13.3 Å². The van der Waals surface area contributed by atoms with Crippen LogP contribution in [-0.2, 0) is 4.79 Å². The molecule has 100 valence electrons. The van der Waals surface area contributed by atoms with Crippen molar-refractivity contribution in [1.82, 2.24) is 4.90 Å². The van der Waals surface area contributed by atoms with E-state index < -0.39 is 0 Å². The van der Waals surface area contributed by atoms with Gasteiger partial charge in [-0.05, 0) is 31.9 Å². The predicted molar refractivity (Wildman–Crippen MR) is 75.2 cm³/mol. The van der Waals surface area contributed by atoms with Crippen LogP contribution in [0.1, 0.15) is 46.0 Å². The molecule has 0 aromatic heterocycles. The highest BCUT2D eigenvalue weighted by Crippen LogP contribution is 2.22. The summed E-state index contributed by atoms with van der Waals surface area (Å²) in [5.74, 6) is 1.44. The van der Waals surface area contributed by atoms with Crippen LogP contribution in [0.2, 0.25) is 0 Å². The number of hydrogen-bond acceptors (Lipinski definition) is 3. The van der Waals surface area contributed by atoms with E-state index in [0.29, 0.717) is 17.6 Å². The Balaban J connectivity index is 2.41. The fraction of sp³-hybridized carbons (Fsp3) is 0.923. The third-order valence-corrected chi connectivity index (χ3v) is 4.39. The topological polar surface area (TPSA) is 46.3 Å². The van der Waals surface area contributed by atoms with Gasteiger partial charge in [-0.15, -0.1) is 0 Å². The zero-order valence-electron chi connectivity index (χ0n) is 11.2. The van der Waals surface area contributed by atoms with Crippen LogP contribution < -0.4 is 5.73 Å². The first kappa shape index (κ1) is 14.8. The molecule has 1 aliphatic rings. The zero-order valence-corrected chi connectivity index (χ0v) is 12.0. The second-order valence-electron chi connectivity index (χ2n) is 4.93. The molecule has 2 unspecified atom stereocenters. The van der Waals surface area contributed by atoms with Gasteiger partial charge in [0.1, 0.15) is 0 Å². The number of likely N-dealkylation sites (tertiary alicyclic amines) is 1. The molecule has 0 aliphatic carbocycles. The Labute approximate surface area is 109 Å². The summed E-state index contributed by atoms with van der Waals surface area (Å²) in [6.45, 7) is 6.04. The summed E-state index contributed by atoms with van der Waals surface area (Å²) >= 11 is 1.99. The van der Waals surface area contributed by atoms with Gasteiger partial charge in [0, 0.05) is 30.8 Å². The molecular weight excluding hydrogens is 232 g/mol. The number of carbonyl (C=O) groups is 1. The summed E-state index contributed by atoms with van der Waals surface area (Å²) in [5.41, 5.74) is 5.70. The first-order chi connectivity index (χ1) is 8.13. The van der Waals surface area contributed by atoms with E-state index in [-0.39, 0.29) is 6.04 Å². The van der Waals surface area contributed by atoms with Gasteiger partial charge < -0.3 is 10.6 Å². The van der Waals surface area contributed by atoms with E-state index in [9.17, 15) is 4.79 Å². The Morgan fingerprint density at radius 2 is 2.29 bits per heavy atom. The maximum atomic E-state index is 12.1. The molecule has 17 heavy (non-hydrogen) atoms. The van der Waals surface area contributed by atoms with Gasteiger partial charge in [-0.25, -0.2) is 0 Å². The first-order valence-corrected chi connectivity index (χ1v) is 7.83. The Kier molecular flexibility index (Phi) is 6.97. The molecule has 1 rings (SSSR count). The van der Waals surface area contributed by atoms with Crippen LogP contribution in [-0.4, -0.2) is 40.9 Å². The molecule has 1 aliphatic heterocycles. The Morgan fingerprint density at radius 1 is 1.53 bits per heavy atom. The molecule has 2 atom stereocenters. The average Bonchev–Trinajstić information content (AvgIpc) is 2.52. The summed E-state index contributed by atoms with van der Waals surface area (Å²) < 4.78 is 0. The van der Waals surface area contributed by atoms with Crippen LogP contribution in [0.3, 0.4) is 0 Å². The van der Waals surface area contributed by atoms with Crippen molar-refractivity contribution in [3.63, 3.8) is 0 Å². The fourth-order valence-corrected chi connectivity index (χ4v) is 3.30. The molecule has 0 saturated carbocycles. The lowest BCUT2D eigenvalue weighted by molar-refractivity contribution is -0.131. The molecule has 3 nitrogen and oxygen atoms in total. The molecule has 0 bridgehead atoms. The van der Waals surface area contributed by atoms with Crippen molar-refractivity contribution in [3.05, 3.63) is 0 Å². The SMILES string of the molecule is CCSC1CCCCN(C(=O)CCC(C)N)C1. The lowest BCUT2D eigenvalue weighted by Crippen LogP contribution is -2.36. The highest BCUT2D eigenvalue weighted by atomic mass is 32.2. The highest BCUT2D eigenvalue weighted by molar-refractivity contribution is 7.99. The van der Waals surface area contributed by atoms with Gasteiger partial charge in [0.15, 0.2) is 0 Å². The number of hydrogen-bond donors (Lipinski definition) is 1. The Bertz CT molecular complexity index is 233. The molecular formula is C13H26N2OS. The number of rotatable bonds is 5. The van der Waals surface area contributed by atoms with E-state index in [4.69, 9.17) is 5.73 Å². The summed E-state index contributed by atoms with van der Waals surface area (Å²) in [4.78, 5) is 14.1. The normalized spacial score (nSPS) is 23.2. The predicted octanol–water partition coefficient (Wildman–Crippen LogP) is 2.25. The van der Waals surface area contributed by atoms with Crippen molar-refractivity contribution in [2.24, 2.45) is 5.73 Å². The van der Waals surface area contributed by atoms with E-state index in [1.165, 1.54) is 12.8 Å². The summed E-state index contributed by atoms with van der Waals surface area (Å²) in [7, 11) is 0. The van der Waals surface area contributed by atoms with E-state index in [2.05, 4.69) is 11.8 Å². The lowest BCUT2D eigenvalue weighted by Gasteiger charge is -2.24. The van der Waals surface area contributed by atoms with Gasteiger partial charge >= 0.3 is 0 Å². The van der Waals surface area contributed by atoms with Gasteiger partial charge in [0.05, 0.1) is 0 Å². The largest absolute Gasteiger partial charge is 0.342 e. The van der Waals surface area contributed by atoms with E-state index in [1.54, 1.807) is 0 Å². The van der Waals surface area contributed by atoms with Crippen molar-refractivity contribution in [2.45, 2.75) is 57.2 Å². The number of nitrogens with two attached hydrogens (primary N) is 1. The average molecular weight is 258 g/mol. The van der Waals surface area contributed by atoms with Crippen molar-refractivity contribution in [1.29, 1.82) is 0 Å². The number of thioether (sulfide) groups is 1. The van der Waals surface area contributed by atoms with Crippen molar-refractivity contribution in [3.8, 4) is 0 Å². The molecule has 0 spiro atoms. The highest BCUT2D eigenvalue weighted by Gasteiger charge is 2.21. The summed E-state index contributed by atoms with van der Waals surface area (Å²) in [6.07, 6.45) is 5.09. The van der Waals surface area contributed by atoms with Crippen LogP contribution in [0.4, 0.5) is 0 Å². The number of nitrogens with zero attached hydrogens (tertiary/aromatic N) is 1. The quantitative estimate of drug-likeness (QED) is 0.822. The smallest absolute Gasteiger partial charge is 0.222 e. The molecule has 4 heteroatoms. The standard InChI is InChI=1S/C13H26N2OS/c1-3-17-12-6-4-5-9-15(10-12)13(16)8-7-11(2)14/h11-12H,3-10,14H2,1-2H3. The van der Waals surface area contributed by atoms with Crippen LogP contribution in [0.5, 0.6) is 0 Å².